The van der Waals surface area contributed by atoms with Crippen LogP contribution in [-0.2, 0) is 10.9 Å². The maximum absolute atomic E-state index is 12.7. The Morgan fingerprint density at radius 3 is 2.60 bits per heavy atom. The number of halogens is 3. The van der Waals surface area contributed by atoms with Crippen molar-refractivity contribution in [2.24, 2.45) is 4.99 Å². The highest BCUT2D eigenvalue weighted by Gasteiger charge is 2.30. The molecule has 2 aliphatic rings. The summed E-state index contributed by atoms with van der Waals surface area (Å²) in [6.07, 6.45) is -4.31. The minimum Gasteiger partial charge on any atom is -0.379 e. The largest absolute Gasteiger partial charge is 0.416 e. The van der Waals surface area contributed by atoms with Crippen LogP contribution in [0.1, 0.15) is 17.2 Å². The Hall–Kier alpha value is -1.64. The van der Waals surface area contributed by atoms with Crippen molar-refractivity contribution in [2.45, 2.75) is 12.2 Å². The average molecular weight is 356 g/mol. The Morgan fingerprint density at radius 2 is 1.92 bits per heavy atom. The smallest absolute Gasteiger partial charge is 0.379 e. The van der Waals surface area contributed by atoms with Gasteiger partial charge in [-0.2, -0.15) is 13.2 Å². The molecule has 1 fully saturated rings. The Kier molecular flexibility index (Phi) is 5.93. The molecule has 0 spiro atoms. The van der Waals surface area contributed by atoms with Gasteiger partial charge >= 0.3 is 6.18 Å². The first-order chi connectivity index (χ1) is 12.0. The van der Waals surface area contributed by atoms with Crippen LogP contribution >= 0.6 is 0 Å². The van der Waals surface area contributed by atoms with Crippen LogP contribution < -0.4 is 10.6 Å². The second-order valence-electron chi connectivity index (χ2n) is 6.15. The number of hydrogen-bond donors (Lipinski definition) is 2. The van der Waals surface area contributed by atoms with E-state index in [0.29, 0.717) is 13.1 Å². The van der Waals surface area contributed by atoms with E-state index >= 15 is 0 Å². The molecule has 0 amide bonds. The number of hydrogen-bond acceptors (Lipinski definition) is 5. The van der Waals surface area contributed by atoms with Crippen molar-refractivity contribution in [1.82, 2.24) is 15.5 Å². The Labute approximate surface area is 145 Å². The monoisotopic (exact) mass is 356 g/mol. The molecule has 1 atom stereocenters. The van der Waals surface area contributed by atoms with Crippen molar-refractivity contribution in [3.05, 3.63) is 35.4 Å². The van der Waals surface area contributed by atoms with Gasteiger partial charge in [0.2, 0.25) is 0 Å². The molecule has 1 saturated heterocycles. The predicted molar refractivity (Wildman–Crippen MR) is 89.8 cm³/mol. The van der Waals surface area contributed by atoms with E-state index in [1.165, 1.54) is 12.1 Å². The van der Waals surface area contributed by atoms with Gasteiger partial charge in [-0.25, -0.2) is 0 Å². The lowest BCUT2D eigenvalue weighted by molar-refractivity contribution is -0.137. The number of aliphatic imine (C=N–C) groups is 1. The molecular formula is C17H23F3N4O. The van der Waals surface area contributed by atoms with Crippen LogP contribution in [0.5, 0.6) is 0 Å². The van der Waals surface area contributed by atoms with Gasteiger partial charge in [-0.1, -0.05) is 12.1 Å². The molecule has 2 heterocycles. The lowest BCUT2D eigenvalue weighted by atomic mass is 10.0. The minimum atomic E-state index is -4.31. The Balaban J connectivity index is 1.59. The first-order valence-electron chi connectivity index (χ1n) is 8.53. The first-order valence-corrected chi connectivity index (χ1v) is 8.53. The molecule has 1 aromatic rings. The van der Waals surface area contributed by atoms with Gasteiger partial charge in [0.15, 0.2) is 0 Å². The van der Waals surface area contributed by atoms with Crippen molar-refractivity contribution < 1.29 is 17.9 Å². The molecular weight excluding hydrogens is 333 g/mol. The standard InChI is InChI=1S/C17H23F3N4O/c18-17(19,20)14-3-1-13(2-4-14)15-16(22-6-5-21-15)23-7-8-24-9-11-25-12-10-24/h1-4,15,21H,5-12H2,(H,22,23). The second kappa shape index (κ2) is 8.16. The molecule has 2 aliphatic heterocycles. The van der Waals surface area contributed by atoms with Gasteiger partial charge in [0.05, 0.1) is 31.4 Å². The molecule has 0 radical (unpaired) electrons. The van der Waals surface area contributed by atoms with Gasteiger partial charge in [0, 0.05) is 32.7 Å². The fourth-order valence-electron chi connectivity index (χ4n) is 3.04. The lowest BCUT2D eigenvalue weighted by Gasteiger charge is -2.29. The maximum atomic E-state index is 12.7. The molecule has 138 valence electrons. The second-order valence-corrected chi connectivity index (χ2v) is 6.15. The summed E-state index contributed by atoms with van der Waals surface area (Å²) in [7, 11) is 0. The van der Waals surface area contributed by atoms with Crippen LogP contribution in [0.3, 0.4) is 0 Å². The van der Waals surface area contributed by atoms with Crippen molar-refractivity contribution >= 4 is 5.84 Å². The fraction of sp³-hybridized carbons (Fsp3) is 0.588. The fourth-order valence-corrected chi connectivity index (χ4v) is 3.04. The summed E-state index contributed by atoms with van der Waals surface area (Å²) in [5.74, 6) is 0.791. The summed E-state index contributed by atoms with van der Waals surface area (Å²) in [5.41, 5.74) is 0.149. The topological polar surface area (TPSA) is 48.9 Å². The molecule has 25 heavy (non-hydrogen) atoms. The molecule has 0 bridgehead atoms. The average Bonchev–Trinajstić information content (AvgIpc) is 2.62. The molecule has 8 heteroatoms. The Bertz CT molecular complexity index is 583. The van der Waals surface area contributed by atoms with E-state index in [0.717, 1.165) is 62.9 Å². The van der Waals surface area contributed by atoms with E-state index in [4.69, 9.17) is 4.74 Å². The number of amidine groups is 1. The highest BCUT2D eigenvalue weighted by Crippen LogP contribution is 2.30. The van der Waals surface area contributed by atoms with E-state index in [-0.39, 0.29) is 6.04 Å². The molecule has 3 rings (SSSR count). The number of nitrogens with zero attached hydrogens (tertiary/aromatic N) is 2. The molecule has 1 aromatic carbocycles. The molecule has 0 aliphatic carbocycles. The zero-order valence-corrected chi connectivity index (χ0v) is 14.0. The lowest BCUT2D eigenvalue weighted by Crippen LogP contribution is -2.46. The van der Waals surface area contributed by atoms with Crippen LogP contribution in [0, 0.1) is 0 Å². The van der Waals surface area contributed by atoms with E-state index in [9.17, 15) is 13.2 Å². The maximum Gasteiger partial charge on any atom is 0.416 e. The van der Waals surface area contributed by atoms with Crippen LogP contribution in [0.25, 0.3) is 0 Å². The SMILES string of the molecule is FC(F)(F)c1ccc(C2NCCN=C2NCCN2CCOCC2)cc1. The summed E-state index contributed by atoms with van der Waals surface area (Å²) >= 11 is 0. The zero-order chi connectivity index (χ0) is 17.7. The predicted octanol–water partition coefficient (Wildman–Crippen LogP) is 1.67. The van der Waals surface area contributed by atoms with E-state index in [1.54, 1.807) is 0 Å². The Morgan fingerprint density at radius 1 is 1.20 bits per heavy atom. The number of ether oxygens (including phenoxy) is 1. The molecule has 0 aromatic heterocycles. The minimum absolute atomic E-state index is 0.194. The summed E-state index contributed by atoms with van der Waals surface area (Å²) in [6, 6.07) is 5.09. The number of benzene rings is 1. The zero-order valence-electron chi connectivity index (χ0n) is 14.0. The summed E-state index contributed by atoms with van der Waals surface area (Å²) in [5, 5.41) is 6.67. The van der Waals surface area contributed by atoms with Crippen molar-refractivity contribution in [2.75, 3.05) is 52.5 Å². The summed E-state index contributed by atoms with van der Waals surface area (Å²) in [6.45, 7) is 6.38. The van der Waals surface area contributed by atoms with E-state index < -0.39 is 11.7 Å². The third kappa shape index (κ3) is 4.93. The molecule has 2 N–H and O–H groups in total. The third-order valence-electron chi connectivity index (χ3n) is 4.43. The number of morpholine rings is 1. The number of nitrogens with one attached hydrogen (secondary N) is 2. The molecule has 5 nitrogen and oxygen atoms in total. The van der Waals surface area contributed by atoms with Gasteiger partial charge in [0.1, 0.15) is 5.84 Å². The van der Waals surface area contributed by atoms with Gasteiger partial charge in [-0.05, 0) is 17.7 Å². The van der Waals surface area contributed by atoms with Crippen molar-refractivity contribution in [1.29, 1.82) is 0 Å². The highest BCUT2D eigenvalue weighted by molar-refractivity contribution is 5.89. The van der Waals surface area contributed by atoms with Crippen molar-refractivity contribution in [3.63, 3.8) is 0 Å². The van der Waals surface area contributed by atoms with Crippen LogP contribution in [0.2, 0.25) is 0 Å². The van der Waals surface area contributed by atoms with E-state index in [1.807, 2.05) is 0 Å². The normalized spacial score (nSPS) is 22.5. The highest BCUT2D eigenvalue weighted by atomic mass is 19.4. The van der Waals surface area contributed by atoms with Gasteiger partial charge in [0.25, 0.3) is 0 Å². The summed E-state index contributed by atoms with van der Waals surface area (Å²) in [4.78, 5) is 6.84. The van der Waals surface area contributed by atoms with Crippen molar-refractivity contribution in [3.8, 4) is 0 Å². The first kappa shape index (κ1) is 18.2. The summed E-state index contributed by atoms with van der Waals surface area (Å²) < 4.78 is 43.5. The van der Waals surface area contributed by atoms with Crippen LogP contribution in [0.4, 0.5) is 13.2 Å². The van der Waals surface area contributed by atoms with Gasteiger partial charge in [-0.3, -0.25) is 9.89 Å². The van der Waals surface area contributed by atoms with Crippen LogP contribution in [-0.4, -0.2) is 63.2 Å². The van der Waals surface area contributed by atoms with Gasteiger partial charge in [-0.15, -0.1) is 0 Å². The number of rotatable bonds is 4. The van der Waals surface area contributed by atoms with E-state index in [2.05, 4.69) is 20.5 Å². The molecule has 0 saturated carbocycles. The third-order valence-corrected chi connectivity index (χ3v) is 4.43. The number of alkyl halides is 3. The molecule has 1 unspecified atom stereocenters. The van der Waals surface area contributed by atoms with Crippen LogP contribution in [0.15, 0.2) is 29.3 Å². The quantitative estimate of drug-likeness (QED) is 0.862. The van der Waals surface area contributed by atoms with Gasteiger partial charge < -0.3 is 15.4 Å².